The van der Waals surface area contributed by atoms with Gasteiger partial charge in [-0.15, -0.1) is 0 Å². The number of nitrogens with one attached hydrogen (secondary N) is 2. The highest BCUT2D eigenvalue weighted by Crippen LogP contribution is 2.30. The molecule has 0 bridgehead atoms. The number of H-pyrrole nitrogens is 1. The van der Waals surface area contributed by atoms with Crippen LogP contribution in [-0.2, 0) is 6.54 Å². The largest absolute Gasteiger partial charge is 0.359 e. The molecule has 0 atom stereocenters. The Kier molecular flexibility index (Phi) is 4.52. The standard InChI is InChI=1S/C24H21N5O/c1-2-29-21-14-19-18(13-20(21)27-24(29)30)23(26-15-25-19)28-22(16-9-5-3-6-10-16)17-11-7-4-8-12-17/h3-15,22H,2H2,1H3,(H,27,30)(H,25,26,28). The zero-order valence-electron chi connectivity index (χ0n) is 16.5. The van der Waals surface area contributed by atoms with Crippen LogP contribution in [0.3, 0.4) is 0 Å². The summed E-state index contributed by atoms with van der Waals surface area (Å²) >= 11 is 0. The van der Waals surface area contributed by atoms with Crippen molar-refractivity contribution in [2.24, 2.45) is 0 Å². The van der Waals surface area contributed by atoms with Crippen LogP contribution in [0, 0.1) is 0 Å². The first-order valence-corrected chi connectivity index (χ1v) is 9.98. The van der Waals surface area contributed by atoms with Gasteiger partial charge in [-0.2, -0.15) is 0 Å². The molecule has 148 valence electrons. The van der Waals surface area contributed by atoms with E-state index in [0.29, 0.717) is 6.54 Å². The van der Waals surface area contributed by atoms with Crippen molar-refractivity contribution in [2.75, 3.05) is 5.32 Å². The van der Waals surface area contributed by atoms with Gasteiger partial charge < -0.3 is 10.3 Å². The van der Waals surface area contributed by atoms with Crippen molar-refractivity contribution >= 4 is 27.8 Å². The van der Waals surface area contributed by atoms with Crippen molar-refractivity contribution in [3.05, 3.63) is 101 Å². The molecule has 30 heavy (non-hydrogen) atoms. The van der Waals surface area contributed by atoms with E-state index in [1.54, 1.807) is 10.9 Å². The van der Waals surface area contributed by atoms with E-state index in [2.05, 4.69) is 44.5 Å². The predicted octanol–water partition coefficient (Wildman–Crippen LogP) is 4.49. The Labute approximate surface area is 173 Å². The molecule has 0 aliphatic heterocycles. The van der Waals surface area contributed by atoms with Crippen molar-refractivity contribution < 1.29 is 0 Å². The Morgan fingerprint density at radius 1 is 0.967 bits per heavy atom. The Bertz CT molecular complexity index is 1330. The smallest absolute Gasteiger partial charge is 0.326 e. The van der Waals surface area contributed by atoms with E-state index in [-0.39, 0.29) is 11.7 Å². The molecule has 0 fully saturated rings. The number of fused-ring (bicyclic) bond motifs is 2. The minimum absolute atomic E-state index is 0.0690. The maximum atomic E-state index is 12.2. The summed E-state index contributed by atoms with van der Waals surface area (Å²) in [7, 11) is 0. The van der Waals surface area contributed by atoms with Crippen LogP contribution >= 0.6 is 0 Å². The number of anilines is 1. The summed E-state index contributed by atoms with van der Waals surface area (Å²) in [5.41, 5.74) is 4.59. The highest BCUT2D eigenvalue weighted by molar-refractivity contribution is 5.98. The highest BCUT2D eigenvalue weighted by atomic mass is 16.1. The summed E-state index contributed by atoms with van der Waals surface area (Å²) < 4.78 is 1.71. The van der Waals surface area contributed by atoms with Crippen LogP contribution in [0.1, 0.15) is 24.1 Å². The quantitative estimate of drug-likeness (QED) is 0.460. The third-order valence-electron chi connectivity index (χ3n) is 5.39. The maximum absolute atomic E-state index is 12.2. The summed E-state index contributed by atoms with van der Waals surface area (Å²) in [6.45, 7) is 2.56. The van der Waals surface area contributed by atoms with Gasteiger partial charge in [-0.3, -0.25) is 4.57 Å². The molecule has 5 rings (SSSR count). The molecule has 2 N–H and O–H groups in total. The Balaban J connectivity index is 1.66. The lowest BCUT2D eigenvalue weighted by molar-refractivity contribution is 0.753. The van der Waals surface area contributed by atoms with Crippen molar-refractivity contribution in [3.63, 3.8) is 0 Å². The van der Waals surface area contributed by atoms with Crippen LogP contribution < -0.4 is 11.0 Å². The monoisotopic (exact) mass is 395 g/mol. The molecule has 2 aromatic heterocycles. The number of hydrogen-bond donors (Lipinski definition) is 2. The molecular weight excluding hydrogens is 374 g/mol. The maximum Gasteiger partial charge on any atom is 0.326 e. The summed E-state index contributed by atoms with van der Waals surface area (Å²) in [5.74, 6) is 0.727. The van der Waals surface area contributed by atoms with Crippen LogP contribution in [-0.4, -0.2) is 19.5 Å². The highest BCUT2D eigenvalue weighted by Gasteiger charge is 2.17. The Morgan fingerprint density at radius 3 is 2.27 bits per heavy atom. The van der Waals surface area contributed by atoms with Crippen molar-refractivity contribution in [2.45, 2.75) is 19.5 Å². The first-order valence-electron chi connectivity index (χ1n) is 9.98. The number of hydrogen-bond acceptors (Lipinski definition) is 4. The van der Waals surface area contributed by atoms with Crippen molar-refractivity contribution in [1.82, 2.24) is 19.5 Å². The van der Waals surface area contributed by atoms with Crippen LogP contribution in [0.25, 0.3) is 21.9 Å². The van der Waals surface area contributed by atoms with Crippen LogP contribution in [0.5, 0.6) is 0 Å². The average molecular weight is 395 g/mol. The first kappa shape index (κ1) is 18.1. The predicted molar refractivity (Wildman–Crippen MR) is 120 cm³/mol. The lowest BCUT2D eigenvalue weighted by Gasteiger charge is -2.21. The number of nitrogens with zero attached hydrogens (tertiary/aromatic N) is 3. The van der Waals surface area contributed by atoms with Gasteiger partial charge in [0.2, 0.25) is 0 Å². The van der Waals surface area contributed by atoms with Crippen molar-refractivity contribution in [1.29, 1.82) is 0 Å². The lowest BCUT2D eigenvalue weighted by Crippen LogP contribution is -2.15. The minimum atomic E-state index is -0.114. The van der Waals surface area contributed by atoms with Gasteiger partial charge in [-0.1, -0.05) is 60.7 Å². The second kappa shape index (κ2) is 7.48. The number of rotatable bonds is 5. The van der Waals surface area contributed by atoms with Gasteiger partial charge in [0.15, 0.2) is 0 Å². The van der Waals surface area contributed by atoms with E-state index < -0.39 is 0 Å². The van der Waals surface area contributed by atoms with E-state index in [1.807, 2.05) is 55.5 Å². The SMILES string of the molecule is CCn1c(=O)[nH]c2cc3c(NC(c4ccccc4)c4ccccc4)ncnc3cc21. The van der Waals surface area contributed by atoms with Gasteiger partial charge in [0.1, 0.15) is 12.1 Å². The van der Waals surface area contributed by atoms with E-state index in [1.165, 1.54) is 0 Å². The molecule has 0 saturated heterocycles. The van der Waals surface area contributed by atoms with E-state index in [4.69, 9.17) is 0 Å². The number of benzene rings is 3. The molecule has 5 aromatic rings. The van der Waals surface area contributed by atoms with E-state index >= 15 is 0 Å². The molecule has 6 heteroatoms. The number of imidazole rings is 1. The van der Waals surface area contributed by atoms with Crippen LogP contribution in [0.4, 0.5) is 5.82 Å². The van der Waals surface area contributed by atoms with E-state index in [9.17, 15) is 4.79 Å². The van der Waals surface area contributed by atoms with Gasteiger partial charge in [-0.05, 0) is 30.2 Å². The lowest BCUT2D eigenvalue weighted by atomic mass is 9.98. The molecule has 0 aliphatic carbocycles. The van der Waals surface area contributed by atoms with Gasteiger partial charge in [0, 0.05) is 11.9 Å². The summed E-state index contributed by atoms with van der Waals surface area (Å²) in [5, 5.41) is 4.47. The zero-order chi connectivity index (χ0) is 20.5. The molecule has 0 spiro atoms. The molecule has 0 aliphatic rings. The molecule has 0 radical (unpaired) electrons. The number of aromatic amines is 1. The average Bonchev–Trinajstić information content (AvgIpc) is 3.11. The van der Waals surface area contributed by atoms with E-state index in [0.717, 1.165) is 38.9 Å². The number of aryl methyl sites for hydroxylation is 1. The first-order chi connectivity index (χ1) is 14.7. The van der Waals surface area contributed by atoms with Crippen LogP contribution in [0.2, 0.25) is 0 Å². The summed E-state index contributed by atoms with van der Waals surface area (Å²) in [6, 6.07) is 24.4. The van der Waals surface area contributed by atoms with Crippen molar-refractivity contribution in [3.8, 4) is 0 Å². The summed E-state index contributed by atoms with van der Waals surface area (Å²) in [6.07, 6.45) is 1.56. The fourth-order valence-electron chi connectivity index (χ4n) is 3.92. The summed E-state index contributed by atoms with van der Waals surface area (Å²) in [4.78, 5) is 24.2. The minimum Gasteiger partial charge on any atom is -0.359 e. The fraction of sp³-hybridized carbons (Fsp3) is 0.125. The molecule has 3 aromatic carbocycles. The third-order valence-corrected chi connectivity index (χ3v) is 5.39. The zero-order valence-corrected chi connectivity index (χ0v) is 16.5. The normalized spacial score (nSPS) is 11.4. The van der Waals surface area contributed by atoms with Gasteiger partial charge in [-0.25, -0.2) is 14.8 Å². The van der Waals surface area contributed by atoms with Gasteiger partial charge in [0.05, 0.1) is 22.6 Å². The van der Waals surface area contributed by atoms with Gasteiger partial charge >= 0.3 is 5.69 Å². The number of aromatic nitrogens is 4. The Morgan fingerprint density at radius 2 is 1.63 bits per heavy atom. The molecule has 0 saturated carbocycles. The molecule has 2 heterocycles. The molecule has 0 unspecified atom stereocenters. The third kappa shape index (κ3) is 3.12. The second-order valence-electron chi connectivity index (χ2n) is 7.18. The fourth-order valence-corrected chi connectivity index (χ4v) is 3.92. The van der Waals surface area contributed by atoms with Gasteiger partial charge in [0.25, 0.3) is 0 Å². The molecular formula is C24H21N5O. The topological polar surface area (TPSA) is 75.6 Å². The second-order valence-corrected chi connectivity index (χ2v) is 7.18. The molecule has 6 nitrogen and oxygen atoms in total. The van der Waals surface area contributed by atoms with Crippen LogP contribution in [0.15, 0.2) is 83.9 Å². The Hall–Kier alpha value is -3.93. The molecule has 0 amide bonds.